The van der Waals surface area contributed by atoms with Gasteiger partial charge in [0, 0.05) is 16.5 Å². The molecule has 150 valence electrons. The van der Waals surface area contributed by atoms with E-state index < -0.39 is 11.9 Å². The van der Waals surface area contributed by atoms with E-state index in [9.17, 15) is 9.59 Å². The summed E-state index contributed by atoms with van der Waals surface area (Å²) in [6, 6.07) is 20.3. The summed E-state index contributed by atoms with van der Waals surface area (Å²) >= 11 is 0. The number of aryl methyl sites for hydroxylation is 2. The van der Waals surface area contributed by atoms with Crippen LogP contribution in [0, 0.1) is 13.8 Å². The largest absolute Gasteiger partial charge is 0.364 e. The quantitative estimate of drug-likeness (QED) is 0.461. The molecule has 0 atom stereocenters. The lowest BCUT2D eigenvalue weighted by molar-refractivity contribution is 0.0997. The lowest BCUT2D eigenvalue weighted by Crippen LogP contribution is -2.31. The fourth-order valence-electron chi connectivity index (χ4n) is 3.89. The number of anilines is 2. The highest BCUT2D eigenvalue weighted by Gasteiger charge is 2.19. The smallest absolute Gasteiger partial charge is 0.323 e. The van der Waals surface area contributed by atoms with E-state index in [1.165, 1.54) is 4.90 Å². The topological polar surface area (TPSA) is 105 Å². The summed E-state index contributed by atoms with van der Waals surface area (Å²) in [5.74, 6) is -0.528. The molecule has 0 fully saturated rings. The molecule has 0 saturated heterocycles. The Bertz CT molecular complexity index is 1250. The standard InChI is InChI=1S/C24H22N4O2/c1-14-11-15(2)13-18(12-14)28(24(26)30)17-9-7-16(8-10-17)21-19-5-3-4-6-20(19)27-22(21)23(25)29/h3-13,27H,1-2H3,(H2,25,29)(H2,26,30). The second-order valence-corrected chi connectivity index (χ2v) is 7.35. The van der Waals surface area contributed by atoms with Crippen LogP contribution in [0.15, 0.2) is 66.7 Å². The van der Waals surface area contributed by atoms with E-state index in [1.54, 1.807) is 0 Å². The fraction of sp³-hybridized carbons (Fsp3) is 0.0833. The summed E-state index contributed by atoms with van der Waals surface area (Å²) < 4.78 is 0. The van der Waals surface area contributed by atoms with Gasteiger partial charge in [-0.15, -0.1) is 0 Å². The lowest BCUT2D eigenvalue weighted by atomic mass is 10.0. The van der Waals surface area contributed by atoms with Gasteiger partial charge in [-0.3, -0.25) is 9.69 Å². The molecule has 4 rings (SSSR count). The first-order valence-electron chi connectivity index (χ1n) is 9.54. The molecule has 0 saturated carbocycles. The van der Waals surface area contributed by atoms with Crippen molar-refractivity contribution in [1.82, 2.24) is 4.98 Å². The molecule has 5 N–H and O–H groups in total. The van der Waals surface area contributed by atoms with Crippen molar-refractivity contribution in [1.29, 1.82) is 0 Å². The fourth-order valence-corrected chi connectivity index (χ4v) is 3.89. The summed E-state index contributed by atoms with van der Waals surface area (Å²) in [5, 5.41) is 0.903. The molecule has 4 aromatic rings. The van der Waals surface area contributed by atoms with E-state index in [4.69, 9.17) is 11.5 Å². The van der Waals surface area contributed by atoms with Crippen molar-refractivity contribution in [3.8, 4) is 11.1 Å². The van der Waals surface area contributed by atoms with Gasteiger partial charge in [0.1, 0.15) is 5.69 Å². The second-order valence-electron chi connectivity index (χ2n) is 7.35. The zero-order valence-electron chi connectivity index (χ0n) is 16.8. The van der Waals surface area contributed by atoms with Crippen molar-refractivity contribution in [2.45, 2.75) is 13.8 Å². The number of H-pyrrole nitrogens is 1. The average Bonchev–Trinajstić information content (AvgIpc) is 3.08. The highest BCUT2D eigenvalue weighted by Crippen LogP contribution is 2.34. The van der Waals surface area contributed by atoms with Gasteiger partial charge < -0.3 is 16.5 Å². The molecule has 3 aromatic carbocycles. The molecule has 0 unspecified atom stereocenters. The molecule has 0 bridgehead atoms. The first kappa shape index (κ1) is 19.3. The number of aromatic nitrogens is 1. The number of hydrogen-bond donors (Lipinski definition) is 3. The Hall–Kier alpha value is -4.06. The summed E-state index contributed by atoms with van der Waals surface area (Å²) in [4.78, 5) is 28.8. The van der Waals surface area contributed by atoms with Crippen LogP contribution in [0.2, 0.25) is 0 Å². The predicted octanol–water partition coefficient (Wildman–Crippen LogP) is 4.77. The highest BCUT2D eigenvalue weighted by atomic mass is 16.2. The first-order valence-corrected chi connectivity index (χ1v) is 9.54. The van der Waals surface area contributed by atoms with Crippen molar-refractivity contribution in [3.05, 3.63) is 83.6 Å². The number of nitrogens with zero attached hydrogens (tertiary/aromatic N) is 1. The van der Waals surface area contributed by atoms with Crippen LogP contribution in [0.5, 0.6) is 0 Å². The number of rotatable bonds is 4. The van der Waals surface area contributed by atoms with Crippen LogP contribution in [-0.4, -0.2) is 16.9 Å². The molecule has 0 spiro atoms. The van der Waals surface area contributed by atoms with Crippen LogP contribution in [0.1, 0.15) is 21.6 Å². The summed E-state index contributed by atoms with van der Waals surface area (Å²) in [6.45, 7) is 3.95. The Kier molecular flexibility index (Phi) is 4.75. The Labute approximate surface area is 174 Å². The molecule has 3 amide bonds. The number of hydrogen-bond acceptors (Lipinski definition) is 2. The van der Waals surface area contributed by atoms with E-state index in [2.05, 4.69) is 4.98 Å². The monoisotopic (exact) mass is 398 g/mol. The number of carbonyl (C=O) groups is 2. The third-order valence-corrected chi connectivity index (χ3v) is 5.05. The minimum Gasteiger partial charge on any atom is -0.364 e. The minimum atomic E-state index is -0.572. The molecule has 30 heavy (non-hydrogen) atoms. The Morgan fingerprint density at radius 1 is 0.833 bits per heavy atom. The SMILES string of the molecule is Cc1cc(C)cc(N(C(N)=O)c2ccc(-c3c(C(N)=O)[nH]c4ccccc34)cc2)c1. The van der Waals surface area contributed by atoms with Crippen molar-refractivity contribution in [2.75, 3.05) is 4.90 Å². The normalized spacial score (nSPS) is 10.9. The highest BCUT2D eigenvalue weighted by molar-refractivity contribution is 6.09. The van der Waals surface area contributed by atoms with Crippen molar-refractivity contribution in [3.63, 3.8) is 0 Å². The van der Waals surface area contributed by atoms with E-state index in [0.717, 1.165) is 33.2 Å². The number of benzene rings is 3. The first-order chi connectivity index (χ1) is 14.3. The van der Waals surface area contributed by atoms with Crippen LogP contribution in [0.4, 0.5) is 16.2 Å². The number of urea groups is 1. The van der Waals surface area contributed by atoms with Gasteiger partial charge >= 0.3 is 6.03 Å². The molecular weight excluding hydrogens is 376 g/mol. The van der Waals surface area contributed by atoms with Crippen LogP contribution in [0.25, 0.3) is 22.0 Å². The molecule has 1 aromatic heterocycles. The minimum absolute atomic E-state index is 0.352. The predicted molar refractivity (Wildman–Crippen MR) is 120 cm³/mol. The van der Waals surface area contributed by atoms with E-state index in [0.29, 0.717) is 17.1 Å². The van der Waals surface area contributed by atoms with E-state index in [-0.39, 0.29) is 0 Å². The van der Waals surface area contributed by atoms with Gasteiger partial charge in [0.2, 0.25) is 0 Å². The third-order valence-electron chi connectivity index (χ3n) is 5.05. The van der Waals surface area contributed by atoms with Crippen molar-refractivity contribution < 1.29 is 9.59 Å². The number of nitrogens with one attached hydrogen (secondary N) is 1. The number of nitrogens with two attached hydrogens (primary N) is 2. The number of fused-ring (bicyclic) bond motifs is 1. The Morgan fingerprint density at radius 2 is 1.47 bits per heavy atom. The molecule has 1 heterocycles. The number of aromatic amines is 1. The van der Waals surface area contributed by atoms with E-state index >= 15 is 0 Å². The maximum Gasteiger partial charge on any atom is 0.323 e. The Morgan fingerprint density at radius 3 is 2.07 bits per heavy atom. The van der Waals surface area contributed by atoms with Gasteiger partial charge in [-0.05, 0) is 60.9 Å². The van der Waals surface area contributed by atoms with E-state index in [1.807, 2.05) is 80.6 Å². The molecule has 0 aliphatic heterocycles. The summed E-state index contributed by atoms with van der Waals surface area (Å²) in [6.07, 6.45) is 0. The van der Waals surface area contributed by atoms with Crippen LogP contribution >= 0.6 is 0 Å². The average molecular weight is 398 g/mol. The summed E-state index contributed by atoms with van der Waals surface area (Å²) in [5.41, 5.74) is 17.4. The maximum absolute atomic E-state index is 12.2. The van der Waals surface area contributed by atoms with Gasteiger partial charge in [0.25, 0.3) is 5.91 Å². The number of primary amides is 2. The third kappa shape index (κ3) is 3.39. The molecule has 6 nitrogen and oxygen atoms in total. The zero-order chi connectivity index (χ0) is 21.4. The number of carbonyl (C=O) groups excluding carboxylic acids is 2. The van der Waals surface area contributed by atoms with Gasteiger partial charge in [-0.25, -0.2) is 4.79 Å². The molecule has 0 aliphatic rings. The van der Waals surface area contributed by atoms with Gasteiger partial charge in [-0.2, -0.15) is 0 Å². The zero-order valence-corrected chi connectivity index (χ0v) is 16.8. The number of amides is 3. The van der Waals surface area contributed by atoms with Crippen LogP contribution < -0.4 is 16.4 Å². The van der Waals surface area contributed by atoms with Crippen molar-refractivity contribution in [2.24, 2.45) is 11.5 Å². The Balaban J connectivity index is 1.81. The molecule has 6 heteroatoms. The lowest BCUT2D eigenvalue weighted by Gasteiger charge is -2.22. The van der Waals surface area contributed by atoms with Gasteiger partial charge in [0.05, 0.1) is 11.4 Å². The molecule has 0 radical (unpaired) electrons. The number of para-hydroxylation sites is 1. The van der Waals surface area contributed by atoms with Gasteiger partial charge in [0.15, 0.2) is 0 Å². The van der Waals surface area contributed by atoms with Crippen LogP contribution in [-0.2, 0) is 0 Å². The second kappa shape index (κ2) is 7.40. The molecular formula is C24H22N4O2. The molecule has 0 aliphatic carbocycles. The van der Waals surface area contributed by atoms with Gasteiger partial charge in [-0.1, -0.05) is 36.4 Å². The van der Waals surface area contributed by atoms with Crippen molar-refractivity contribution >= 4 is 34.2 Å². The maximum atomic E-state index is 12.2. The summed E-state index contributed by atoms with van der Waals surface area (Å²) in [7, 11) is 0. The van der Waals surface area contributed by atoms with Crippen LogP contribution in [0.3, 0.4) is 0 Å².